The molecule has 1 aliphatic rings. The van der Waals surface area contributed by atoms with Gasteiger partial charge in [-0.25, -0.2) is 4.98 Å². The van der Waals surface area contributed by atoms with Gasteiger partial charge in [0.2, 0.25) is 17.7 Å². The molecule has 2 heterocycles. The van der Waals surface area contributed by atoms with Gasteiger partial charge in [-0.15, -0.1) is 0 Å². The lowest BCUT2D eigenvalue weighted by atomic mass is 10.1. The highest BCUT2D eigenvalue weighted by Crippen LogP contribution is 2.09. The fourth-order valence-corrected chi connectivity index (χ4v) is 1.58. The van der Waals surface area contributed by atoms with Crippen molar-refractivity contribution in [2.75, 3.05) is 6.54 Å². The van der Waals surface area contributed by atoms with Crippen molar-refractivity contribution in [1.29, 1.82) is 0 Å². The van der Waals surface area contributed by atoms with Crippen molar-refractivity contribution in [3.8, 4) is 0 Å². The van der Waals surface area contributed by atoms with E-state index in [1.54, 1.807) is 13.1 Å². The Balaban J connectivity index is 1.82. The number of hydrogen-bond donors (Lipinski definition) is 2. The van der Waals surface area contributed by atoms with Gasteiger partial charge in [-0.05, 0) is 6.92 Å². The number of nitrogens with one attached hydrogen (secondary N) is 2. The molecule has 86 valence electrons. The van der Waals surface area contributed by atoms with E-state index in [-0.39, 0.29) is 30.7 Å². The van der Waals surface area contributed by atoms with Crippen LogP contribution in [-0.4, -0.2) is 23.3 Å². The summed E-state index contributed by atoms with van der Waals surface area (Å²) in [6, 6.07) is 0. The summed E-state index contributed by atoms with van der Waals surface area (Å²) in [5.41, 5.74) is 0. The molecule has 0 saturated carbocycles. The molecule has 2 amide bonds. The number of amides is 2. The third-order valence-corrected chi connectivity index (χ3v) is 2.43. The molecule has 0 aliphatic carbocycles. The molecule has 0 aromatic carbocycles. The zero-order valence-electron chi connectivity index (χ0n) is 8.95. The van der Waals surface area contributed by atoms with E-state index in [2.05, 4.69) is 15.6 Å². The maximum atomic E-state index is 11.6. The first-order valence-electron chi connectivity index (χ1n) is 5.11. The number of carbonyl (C=O) groups excluding carboxylic acids is 2. The van der Waals surface area contributed by atoms with E-state index in [1.807, 2.05) is 0 Å². The Morgan fingerprint density at radius 1 is 1.75 bits per heavy atom. The number of carbonyl (C=O) groups is 2. The van der Waals surface area contributed by atoms with Crippen LogP contribution in [0.3, 0.4) is 0 Å². The lowest BCUT2D eigenvalue weighted by Crippen LogP contribution is -2.31. The van der Waals surface area contributed by atoms with Crippen molar-refractivity contribution in [3.05, 3.63) is 17.8 Å². The maximum absolute atomic E-state index is 11.6. The van der Waals surface area contributed by atoms with Crippen molar-refractivity contribution < 1.29 is 14.0 Å². The summed E-state index contributed by atoms with van der Waals surface area (Å²) >= 11 is 0. The number of hydrogen-bond acceptors (Lipinski definition) is 4. The van der Waals surface area contributed by atoms with Gasteiger partial charge in [0.05, 0.1) is 18.7 Å². The van der Waals surface area contributed by atoms with Gasteiger partial charge >= 0.3 is 0 Å². The molecule has 1 aliphatic heterocycles. The molecule has 6 nitrogen and oxygen atoms in total. The van der Waals surface area contributed by atoms with Crippen molar-refractivity contribution in [1.82, 2.24) is 15.6 Å². The minimum Gasteiger partial charge on any atom is -0.444 e. The highest BCUT2D eigenvalue weighted by Gasteiger charge is 2.27. The van der Waals surface area contributed by atoms with E-state index < -0.39 is 0 Å². The minimum atomic E-state index is -0.274. The van der Waals surface area contributed by atoms with E-state index in [1.165, 1.54) is 0 Å². The maximum Gasteiger partial charge on any atom is 0.225 e. The van der Waals surface area contributed by atoms with Crippen LogP contribution < -0.4 is 10.6 Å². The van der Waals surface area contributed by atoms with Gasteiger partial charge in [0.15, 0.2) is 0 Å². The summed E-state index contributed by atoms with van der Waals surface area (Å²) in [5.74, 6) is 0.690. The van der Waals surface area contributed by atoms with E-state index in [0.717, 1.165) is 0 Å². The van der Waals surface area contributed by atoms with Gasteiger partial charge in [0.25, 0.3) is 0 Å². The Kier molecular flexibility index (Phi) is 2.89. The first-order valence-corrected chi connectivity index (χ1v) is 5.11. The van der Waals surface area contributed by atoms with Crippen LogP contribution in [0.15, 0.2) is 10.6 Å². The molecule has 0 spiro atoms. The molecule has 0 bridgehead atoms. The first kappa shape index (κ1) is 10.7. The number of oxazole rings is 1. The molecule has 1 saturated heterocycles. The van der Waals surface area contributed by atoms with Gasteiger partial charge in [0.1, 0.15) is 5.76 Å². The largest absolute Gasteiger partial charge is 0.444 e. The standard InChI is InChI=1S/C10H13N3O3/c1-6-3-12-9(16-6)5-13-10(15)7-2-8(14)11-4-7/h3,7H,2,4-5H2,1H3,(H,11,14)(H,13,15). The lowest BCUT2D eigenvalue weighted by Gasteiger charge is -2.06. The second-order valence-corrected chi connectivity index (χ2v) is 3.79. The molecule has 1 atom stereocenters. The molecular weight excluding hydrogens is 210 g/mol. The van der Waals surface area contributed by atoms with Crippen LogP contribution in [0.5, 0.6) is 0 Å². The molecule has 1 aromatic heterocycles. The van der Waals surface area contributed by atoms with E-state index in [4.69, 9.17) is 4.42 Å². The summed E-state index contributed by atoms with van der Waals surface area (Å²) < 4.78 is 5.21. The second-order valence-electron chi connectivity index (χ2n) is 3.79. The third-order valence-electron chi connectivity index (χ3n) is 2.43. The molecule has 1 fully saturated rings. The summed E-state index contributed by atoms with van der Waals surface area (Å²) in [7, 11) is 0. The quantitative estimate of drug-likeness (QED) is 0.739. The van der Waals surface area contributed by atoms with Crippen LogP contribution in [0, 0.1) is 12.8 Å². The summed E-state index contributed by atoms with van der Waals surface area (Å²) in [5, 5.41) is 5.30. The molecule has 2 N–H and O–H groups in total. The third kappa shape index (κ3) is 2.39. The van der Waals surface area contributed by atoms with Crippen LogP contribution in [0.1, 0.15) is 18.1 Å². The normalized spacial score (nSPS) is 19.6. The monoisotopic (exact) mass is 223 g/mol. The Morgan fingerprint density at radius 2 is 2.56 bits per heavy atom. The highest BCUT2D eigenvalue weighted by molar-refractivity contribution is 5.89. The van der Waals surface area contributed by atoms with Crippen molar-refractivity contribution in [2.24, 2.45) is 5.92 Å². The fraction of sp³-hybridized carbons (Fsp3) is 0.500. The van der Waals surface area contributed by atoms with E-state index >= 15 is 0 Å². The summed E-state index contributed by atoms with van der Waals surface area (Å²) in [6.07, 6.45) is 1.86. The molecule has 0 radical (unpaired) electrons. The minimum absolute atomic E-state index is 0.0767. The molecule has 1 unspecified atom stereocenters. The van der Waals surface area contributed by atoms with E-state index in [0.29, 0.717) is 18.2 Å². The van der Waals surface area contributed by atoms with Crippen molar-refractivity contribution >= 4 is 11.8 Å². The lowest BCUT2D eigenvalue weighted by molar-refractivity contribution is -0.126. The van der Waals surface area contributed by atoms with E-state index in [9.17, 15) is 9.59 Å². The smallest absolute Gasteiger partial charge is 0.225 e. The Bertz CT molecular complexity index is 413. The number of aromatic nitrogens is 1. The number of rotatable bonds is 3. The molecule has 6 heteroatoms. The SMILES string of the molecule is Cc1cnc(CNC(=O)C2CNC(=O)C2)o1. The Morgan fingerprint density at radius 3 is 3.12 bits per heavy atom. The zero-order chi connectivity index (χ0) is 11.5. The summed E-state index contributed by atoms with van der Waals surface area (Å²) in [4.78, 5) is 26.5. The molecular formula is C10H13N3O3. The van der Waals surface area contributed by atoms with Crippen molar-refractivity contribution in [2.45, 2.75) is 19.9 Å². The zero-order valence-corrected chi connectivity index (χ0v) is 8.95. The number of nitrogens with zero attached hydrogens (tertiary/aromatic N) is 1. The average Bonchev–Trinajstić information content (AvgIpc) is 2.84. The first-order chi connectivity index (χ1) is 7.65. The highest BCUT2D eigenvalue weighted by atomic mass is 16.4. The van der Waals surface area contributed by atoms with Crippen LogP contribution in [0.2, 0.25) is 0 Å². The van der Waals surface area contributed by atoms with Gasteiger partial charge in [-0.1, -0.05) is 0 Å². The van der Waals surface area contributed by atoms with Crippen LogP contribution >= 0.6 is 0 Å². The second kappa shape index (κ2) is 4.34. The summed E-state index contributed by atoms with van der Waals surface area (Å²) in [6.45, 7) is 2.46. The topological polar surface area (TPSA) is 84.2 Å². The van der Waals surface area contributed by atoms with Gasteiger partial charge < -0.3 is 15.1 Å². The average molecular weight is 223 g/mol. The van der Waals surface area contributed by atoms with Crippen LogP contribution in [-0.2, 0) is 16.1 Å². The predicted molar refractivity (Wildman–Crippen MR) is 54.2 cm³/mol. The van der Waals surface area contributed by atoms with Crippen molar-refractivity contribution in [3.63, 3.8) is 0 Å². The van der Waals surface area contributed by atoms with Gasteiger partial charge in [0, 0.05) is 13.0 Å². The van der Waals surface area contributed by atoms with Gasteiger partial charge in [-0.3, -0.25) is 9.59 Å². The van der Waals surface area contributed by atoms with Crippen LogP contribution in [0.25, 0.3) is 0 Å². The Labute approximate surface area is 92.4 Å². The molecule has 2 rings (SSSR count). The Hall–Kier alpha value is -1.85. The predicted octanol–water partition coefficient (Wildman–Crippen LogP) is -0.265. The fourth-order valence-electron chi connectivity index (χ4n) is 1.58. The van der Waals surface area contributed by atoms with Gasteiger partial charge in [-0.2, -0.15) is 0 Å². The van der Waals surface area contributed by atoms with Crippen LogP contribution in [0.4, 0.5) is 0 Å². The molecule has 1 aromatic rings. The number of aryl methyl sites for hydroxylation is 1. The molecule has 16 heavy (non-hydrogen) atoms.